The van der Waals surface area contributed by atoms with Crippen molar-refractivity contribution in [3.05, 3.63) is 35.9 Å². The fourth-order valence-corrected chi connectivity index (χ4v) is 2.10. The van der Waals surface area contributed by atoms with Crippen molar-refractivity contribution in [3.63, 3.8) is 0 Å². The zero-order valence-corrected chi connectivity index (χ0v) is 11.2. The van der Waals surface area contributed by atoms with Gasteiger partial charge in [0, 0.05) is 12.6 Å². The second-order valence-corrected chi connectivity index (χ2v) is 4.92. The van der Waals surface area contributed by atoms with Crippen LogP contribution in [0.25, 0.3) is 0 Å². The normalized spacial score (nSPS) is 12.9. The molecule has 0 spiro atoms. The number of benzene rings is 1. The number of hydrogen-bond acceptors (Lipinski definition) is 2. The second kappa shape index (κ2) is 8.26. The van der Waals surface area contributed by atoms with Gasteiger partial charge in [0.2, 0.25) is 0 Å². The van der Waals surface area contributed by atoms with Crippen molar-refractivity contribution in [1.82, 2.24) is 4.90 Å². The van der Waals surface area contributed by atoms with Gasteiger partial charge >= 0.3 is 0 Å². The summed E-state index contributed by atoms with van der Waals surface area (Å²) in [6.45, 7) is 4.38. The van der Waals surface area contributed by atoms with Crippen LogP contribution in [0.2, 0.25) is 0 Å². The largest absolute Gasteiger partial charge is 0.326 e. The van der Waals surface area contributed by atoms with Gasteiger partial charge in [-0.25, -0.2) is 0 Å². The molecule has 0 fully saturated rings. The third kappa shape index (κ3) is 6.44. The fraction of sp³-hybridized carbons (Fsp3) is 0.600. The van der Waals surface area contributed by atoms with E-state index in [4.69, 9.17) is 5.73 Å². The first kappa shape index (κ1) is 14.2. The average molecular weight is 234 g/mol. The fourth-order valence-electron chi connectivity index (χ4n) is 2.10. The zero-order valence-electron chi connectivity index (χ0n) is 11.2. The summed E-state index contributed by atoms with van der Waals surface area (Å²) in [6, 6.07) is 10.7. The number of hydrogen-bond donors (Lipinski definition) is 1. The maximum Gasteiger partial charge on any atom is 0.0208 e. The Morgan fingerprint density at radius 3 is 2.53 bits per heavy atom. The van der Waals surface area contributed by atoms with Gasteiger partial charge in [0.05, 0.1) is 0 Å². The molecule has 2 heteroatoms. The van der Waals surface area contributed by atoms with Crippen LogP contribution in [0.4, 0.5) is 0 Å². The molecule has 2 N–H and O–H groups in total. The minimum atomic E-state index is 0.240. The molecule has 1 unspecified atom stereocenters. The first-order valence-corrected chi connectivity index (χ1v) is 6.70. The van der Waals surface area contributed by atoms with E-state index in [1.807, 2.05) is 6.07 Å². The van der Waals surface area contributed by atoms with E-state index in [2.05, 4.69) is 43.1 Å². The van der Waals surface area contributed by atoms with Gasteiger partial charge in [0.15, 0.2) is 0 Å². The lowest BCUT2D eigenvalue weighted by Crippen LogP contribution is -2.37. The van der Waals surface area contributed by atoms with Gasteiger partial charge in [0.25, 0.3) is 0 Å². The summed E-state index contributed by atoms with van der Waals surface area (Å²) in [4.78, 5) is 2.35. The van der Waals surface area contributed by atoms with Crippen molar-refractivity contribution in [3.8, 4) is 0 Å². The molecule has 0 aromatic heterocycles. The number of unbranched alkanes of at least 4 members (excludes halogenated alkanes) is 2. The van der Waals surface area contributed by atoms with E-state index in [0.717, 1.165) is 19.5 Å². The molecule has 0 aliphatic heterocycles. The van der Waals surface area contributed by atoms with Gasteiger partial charge in [-0.2, -0.15) is 0 Å². The summed E-state index contributed by atoms with van der Waals surface area (Å²) in [6.07, 6.45) is 4.85. The minimum absolute atomic E-state index is 0.240. The maximum atomic E-state index is 6.17. The first-order chi connectivity index (χ1) is 8.22. The van der Waals surface area contributed by atoms with E-state index in [-0.39, 0.29) is 6.04 Å². The van der Waals surface area contributed by atoms with E-state index in [9.17, 15) is 0 Å². The second-order valence-electron chi connectivity index (χ2n) is 4.92. The predicted octanol–water partition coefficient (Wildman–Crippen LogP) is 2.68. The number of nitrogens with zero attached hydrogens (tertiary/aromatic N) is 1. The molecule has 17 heavy (non-hydrogen) atoms. The molecule has 0 aliphatic carbocycles. The van der Waals surface area contributed by atoms with Crippen molar-refractivity contribution in [2.75, 3.05) is 20.1 Å². The molecule has 1 aromatic rings. The van der Waals surface area contributed by atoms with Crippen molar-refractivity contribution < 1.29 is 0 Å². The minimum Gasteiger partial charge on any atom is -0.326 e. The van der Waals surface area contributed by atoms with Crippen molar-refractivity contribution >= 4 is 0 Å². The zero-order chi connectivity index (χ0) is 12.5. The van der Waals surface area contributed by atoms with E-state index < -0.39 is 0 Å². The smallest absolute Gasteiger partial charge is 0.0208 e. The van der Waals surface area contributed by atoms with Crippen LogP contribution < -0.4 is 5.73 Å². The van der Waals surface area contributed by atoms with Gasteiger partial charge in [0.1, 0.15) is 0 Å². The van der Waals surface area contributed by atoms with Crippen molar-refractivity contribution in [2.45, 2.75) is 38.6 Å². The van der Waals surface area contributed by atoms with Crippen LogP contribution in [0.1, 0.15) is 31.7 Å². The van der Waals surface area contributed by atoms with Crippen LogP contribution >= 0.6 is 0 Å². The van der Waals surface area contributed by atoms with Crippen LogP contribution in [0.3, 0.4) is 0 Å². The third-order valence-corrected chi connectivity index (χ3v) is 3.03. The Bertz CT molecular complexity index is 284. The highest BCUT2D eigenvalue weighted by Gasteiger charge is 2.07. The van der Waals surface area contributed by atoms with Crippen LogP contribution in [0, 0.1) is 0 Å². The summed E-state index contributed by atoms with van der Waals surface area (Å²) in [5.41, 5.74) is 7.50. The lowest BCUT2D eigenvalue weighted by atomic mass is 10.1. The average Bonchev–Trinajstić information content (AvgIpc) is 2.30. The van der Waals surface area contributed by atoms with E-state index >= 15 is 0 Å². The Morgan fingerprint density at radius 2 is 1.88 bits per heavy atom. The molecule has 1 aromatic carbocycles. The van der Waals surface area contributed by atoms with E-state index in [1.54, 1.807) is 0 Å². The molecule has 0 amide bonds. The molecule has 0 aliphatic rings. The van der Waals surface area contributed by atoms with Crippen molar-refractivity contribution in [2.24, 2.45) is 5.73 Å². The third-order valence-electron chi connectivity index (χ3n) is 3.03. The molecule has 0 heterocycles. The molecule has 1 atom stereocenters. The Labute approximate surface area is 106 Å². The summed E-state index contributed by atoms with van der Waals surface area (Å²) >= 11 is 0. The molecule has 0 saturated carbocycles. The Kier molecular flexibility index (Phi) is 6.90. The highest BCUT2D eigenvalue weighted by molar-refractivity contribution is 5.15. The lowest BCUT2D eigenvalue weighted by Gasteiger charge is -2.21. The van der Waals surface area contributed by atoms with Gasteiger partial charge in [-0.1, -0.05) is 50.1 Å². The molecule has 2 nitrogen and oxygen atoms in total. The molecular formula is C15H26N2. The maximum absolute atomic E-state index is 6.17. The number of rotatable bonds is 8. The number of nitrogens with two attached hydrogens (primary N) is 1. The Balaban J connectivity index is 2.22. The summed E-state index contributed by atoms with van der Waals surface area (Å²) in [5.74, 6) is 0. The van der Waals surface area contributed by atoms with Crippen molar-refractivity contribution in [1.29, 1.82) is 0 Å². The molecule has 0 radical (unpaired) electrons. The van der Waals surface area contributed by atoms with E-state index in [0.29, 0.717) is 0 Å². The highest BCUT2D eigenvalue weighted by Crippen LogP contribution is 2.03. The van der Waals surface area contributed by atoms with Gasteiger partial charge in [-0.05, 0) is 32.0 Å². The van der Waals surface area contributed by atoms with Crippen LogP contribution in [-0.4, -0.2) is 31.1 Å². The van der Waals surface area contributed by atoms with Crippen LogP contribution in [-0.2, 0) is 6.42 Å². The topological polar surface area (TPSA) is 29.3 Å². The quantitative estimate of drug-likeness (QED) is 0.701. The van der Waals surface area contributed by atoms with Crippen LogP contribution in [0.15, 0.2) is 30.3 Å². The summed E-state index contributed by atoms with van der Waals surface area (Å²) < 4.78 is 0. The van der Waals surface area contributed by atoms with Gasteiger partial charge in [-0.15, -0.1) is 0 Å². The Hall–Kier alpha value is -0.860. The van der Waals surface area contributed by atoms with Crippen LogP contribution in [0.5, 0.6) is 0 Å². The lowest BCUT2D eigenvalue weighted by molar-refractivity contribution is 0.302. The molecule has 96 valence electrons. The predicted molar refractivity (Wildman–Crippen MR) is 75.1 cm³/mol. The van der Waals surface area contributed by atoms with E-state index in [1.165, 1.54) is 24.8 Å². The molecule has 0 bridgehead atoms. The standard InChI is InChI=1S/C15H26N2/c1-3-4-8-11-17(2)13-15(16)12-14-9-6-5-7-10-14/h5-7,9-10,15H,3-4,8,11-13,16H2,1-2H3. The molecular weight excluding hydrogens is 208 g/mol. The highest BCUT2D eigenvalue weighted by atomic mass is 15.1. The van der Waals surface area contributed by atoms with Gasteiger partial charge in [-0.3, -0.25) is 0 Å². The first-order valence-electron chi connectivity index (χ1n) is 6.70. The number of likely N-dealkylation sites (N-methyl/N-ethyl adjacent to an activating group) is 1. The molecule has 0 saturated heterocycles. The summed E-state index contributed by atoms with van der Waals surface area (Å²) in [7, 11) is 2.17. The van der Waals surface area contributed by atoms with Gasteiger partial charge < -0.3 is 10.6 Å². The monoisotopic (exact) mass is 234 g/mol. The Morgan fingerprint density at radius 1 is 1.18 bits per heavy atom. The molecule has 1 rings (SSSR count). The SMILES string of the molecule is CCCCCN(C)CC(N)Cc1ccccc1. The summed E-state index contributed by atoms with van der Waals surface area (Å²) in [5, 5.41) is 0.